The van der Waals surface area contributed by atoms with Gasteiger partial charge in [0.05, 0.1) is 5.41 Å². The maximum absolute atomic E-state index is 11.0. The molecule has 0 radical (unpaired) electrons. The Morgan fingerprint density at radius 3 is 1.92 bits per heavy atom. The van der Waals surface area contributed by atoms with Gasteiger partial charge in [-0.05, 0) is 19.3 Å². The average molecular weight is 238 g/mol. The maximum Gasteiger partial charge on any atom is 0.309 e. The van der Waals surface area contributed by atoms with Gasteiger partial charge in [-0.2, -0.15) is 0 Å². The Hall–Kier alpha value is 0.0934. The molecule has 0 spiro atoms. The summed E-state index contributed by atoms with van der Waals surface area (Å²) < 4.78 is 0. The van der Waals surface area contributed by atoms with Crippen LogP contribution >= 0.6 is 0 Å². The van der Waals surface area contributed by atoms with Gasteiger partial charge >= 0.3 is 5.97 Å². The van der Waals surface area contributed by atoms with Gasteiger partial charge in [-0.1, -0.05) is 33.6 Å². The van der Waals surface area contributed by atoms with E-state index in [1.807, 2.05) is 13.8 Å². The second-order valence-corrected chi connectivity index (χ2v) is 3.40. The average Bonchev–Trinajstić information content (AvgIpc) is 2.07. The van der Waals surface area contributed by atoms with E-state index in [-0.39, 0.29) is 19.5 Å². The summed E-state index contributed by atoms with van der Waals surface area (Å²) in [6.07, 6.45) is 4.42. The first-order valence-electron chi connectivity index (χ1n) is 4.86. The SMILES string of the molecule is CCCCC(CC)(CC)C(=O)O.[Zn]. The molecule has 0 saturated carbocycles. The van der Waals surface area contributed by atoms with E-state index in [0.29, 0.717) is 0 Å². The van der Waals surface area contributed by atoms with E-state index in [0.717, 1.165) is 32.1 Å². The third kappa shape index (κ3) is 4.22. The zero-order valence-corrected chi connectivity index (χ0v) is 12.1. The molecule has 0 heterocycles. The van der Waals surface area contributed by atoms with Crippen LogP contribution in [-0.4, -0.2) is 11.1 Å². The van der Waals surface area contributed by atoms with E-state index < -0.39 is 11.4 Å². The summed E-state index contributed by atoms with van der Waals surface area (Å²) in [6.45, 7) is 6.03. The molecule has 0 aliphatic rings. The first-order valence-corrected chi connectivity index (χ1v) is 4.86. The van der Waals surface area contributed by atoms with Crippen molar-refractivity contribution in [3.8, 4) is 0 Å². The molecule has 1 N–H and O–H groups in total. The Bertz CT molecular complexity index is 142. The number of hydrogen-bond donors (Lipinski definition) is 1. The molecule has 13 heavy (non-hydrogen) atoms. The van der Waals surface area contributed by atoms with Gasteiger partial charge in [-0.15, -0.1) is 0 Å². The first-order chi connectivity index (χ1) is 5.63. The monoisotopic (exact) mass is 236 g/mol. The van der Waals surface area contributed by atoms with Crippen LogP contribution in [0.1, 0.15) is 52.9 Å². The van der Waals surface area contributed by atoms with Crippen LogP contribution in [0, 0.1) is 5.41 Å². The van der Waals surface area contributed by atoms with E-state index in [1.165, 1.54) is 0 Å². The normalized spacial score (nSPS) is 10.7. The van der Waals surface area contributed by atoms with Gasteiger partial charge in [0.2, 0.25) is 0 Å². The molecule has 0 aromatic rings. The molecule has 0 aliphatic carbocycles. The first kappa shape index (κ1) is 15.6. The molecule has 0 aromatic heterocycles. The zero-order chi connectivity index (χ0) is 9.61. The van der Waals surface area contributed by atoms with Crippen molar-refractivity contribution in [1.29, 1.82) is 0 Å². The van der Waals surface area contributed by atoms with E-state index in [2.05, 4.69) is 6.92 Å². The predicted molar refractivity (Wildman–Crippen MR) is 50.2 cm³/mol. The molecule has 0 aliphatic heterocycles. The molecule has 0 rings (SSSR count). The molecular weight excluding hydrogens is 217 g/mol. The van der Waals surface area contributed by atoms with Crippen molar-refractivity contribution >= 4 is 5.97 Å². The Labute approximate surface area is 93.9 Å². The van der Waals surface area contributed by atoms with Crippen LogP contribution < -0.4 is 0 Å². The van der Waals surface area contributed by atoms with Gasteiger partial charge in [-0.25, -0.2) is 0 Å². The Balaban J connectivity index is 0. The van der Waals surface area contributed by atoms with Crippen LogP contribution in [-0.2, 0) is 24.3 Å². The van der Waals surface area contributed by atoms with Crippen molar-refractivity contribution in [2.75, 3.05) is 0 Å². The smallest absolute Gasteiger partial charge is 0.309 e. The van der Waals surface area contributed by atoms with Crippen LogP contribution in [0.25, 0.3) is 0 Å². The number of hydrogen-bond acceptors (Lipinski definition) is 1. The maximum atomic E-state index is 11.0. The van der Waals surface area contributed by atoms with Gasteiger partial charge < -0.3 is 5.11 Å². The van der Waals surface area contributed by atoms with Crippen LogP contribution in [0.15, 0.2) is 0 Å². The van der Waals surface area contributed by atoms with Crippen molar-refractivity contribution in [3.63, 3.8) is 0 Å². The Morgan fingerprint density at radius 2 is 1.69 bits per heavy atom. The largest absolute Gasteiger partial charge is 0.481 e. The second-order valence-electron chi connectivity index (χ2n) is 3.40. The third-order valence-corrected chi connectivity index (χ3v) is 2.82. The fourth-order valence-electron chi connectivity index (χ4n) is 1.53. The standard InChI is InChI=1S/C10H20O2.Zn/c1-4-7-8-10(5-2,6-3)9(11)12;/h4-8H2,1-3H3,(H,11,12);. The molecule has 0 unspecified atom stereocenters. The molecule has 3 heteroatoms. The second kappa shape index (κ2) is 7.49. The molecule has 0 amide bonds. The van der Waals surface area contributed by atoms with Crippen molar-refractivity contribution in [3.05, 3.63) is 0 Å². The molecule has 74 valence electrons. The van der Waals surface area contributed by atoms with E-state index >= 15 is 0 Å². The van der Waals surface area contributed by atoms with E-state index in [1.54, 1.807) is 0 Å². The summed E-state index contributed by atoms with van der Waals surface area (Å²) in [7, 11) is 0. The fourth-order valence-corrected chi connectivity index (χ4v) is 1.53. The summed E-state index contributed by atoms with van der Waals surface area (Å²) in [5.41, 5.74) is -0.448. The van der Waals surface area contributed by atoms with Crippen LogP contribution in [0.2, 0.25) is 0 Å². The van der Waals surface area contributed by atoms with Crippen LogP contribution in [0.5, 0.6) is 0 Å². The number of rotatable bonds is 6. The van der Waals surface area contributed by atoms with E-state index in [9.17, 15) is 4.79 Å². The van der Waals surface area contributed by atoms with Crippen molar-refractivity contribution < 1.29 is 29.4 Å². The Kier molecular flexibility index (Phi) is 8.97. The minimum absolute atomic E-state index is 0. The summed E-state index contributed by atoms with van der Waals surface area (Å²) >= 11 is 0. The molecule has 0 saturated heterocycles. The fraction of sp³-hybridized carbons (Fsp3) is 0.900. The number of aliphatic carboxylic acids is 1. The number of carboxylic acid groups (broad SMARTS) is 1. The molecule has 0 fully saturated rings. The van der Waals surface area contributed by atoms with Crippen molar-refractivity contribution in [1.82, 2.24) is 0 Å². The topological polar surface area (TPSA) is 37.3 Å². The summed E-state index contributed by atoms with van der Waals surface area (Å²) in [5.74, 6) is -0.624. The molecule has 0 bridgehead atoms. The number of carbonyl (C=O) groups is 1. The molecule has 2 nitrogen and oxygen atoms in total. The molecule has 0 atom stereocenters. The Morgan fingerprint density at radius 1 is 1.23 bits per heavy atom. The predicted octanol–water partition coefficient (Wildman–Crippen LogP) is 3.07. The van der Waals surface area contributed by atoms with Gasteiger partial charge in [-0.3, -0.25) is 4.79 Å². The summed E-state index contributed by atoms with van der Waals surface area (Å²) in [4.78, 5) is 11.0. The minimum atomic E-state index is -0.624. The summed E-state index contributed by atoms with van der Waals surface area (Å²) in [6, 6.07) is 0. The minimum Gasteiger partial charge on any atom is -0.481 e. The van der Waals surface area contributed by atoms with Crippen LogP contribution in [0.4, 0.5) is 0 Å². The van der Waals surface area contributed by atoms with Gasteiger partial charge in [0.1, 0.15) is 0 Å². The van der Waals surface area contributed by atoms with Crippen LogP contribution in [0.3, 0.4) is 0 Å². The van der Waals surface area contributed by atoms with Crippen molar-refractivity contribution in [2.45, 2.75) is 52.9 Å². The number of unbranched alkanes of at least 4 members (excludes halogenated alkanes) is 1. The third-order valence-electron chi connectivity index (χ3n) is 2.82. The number of carboxylic acids is 1. The van der Waals surface area contributed by atoms with Gasteiger partial charge in [0.15, 0.2) is 0 Å². The van der Waals surface area contributed by atoms with Gasteiger partial charge in [0.25, 0.3) is 0 Å². The quantitative estimate of drug-likeness (QED) is 0.721. The summed E-state index contributed by atoms with van der Waals surface area (Å²) in [5, 5.41) is 9.05. The van der Waals surface area contributed by atoms with Crippen molar-refractivity contribution in [2.24, 2.45) is 5.41 Å². The molecule has 0 aromatic carbocycles. The van der Waals surface area contributed by atoms with E-state index in [4.69, 9.17) is 5.11 Å². The zero-order valence-electron chi connectivity index (χ0n) is 9.10. The van der Waals surface area contributed by atoms with Gasteiger partial charge in [0, 0.05) is 19.5 Å². The molecular formula is C10H20O2Zn.